The first-order chi connectivity index (χ1) is 5.11. The molecule has 62 valence electrons. The quantitative estimate of drug-likeness (QED) is 0.584. The van der Waals surface area contributed by atoms with Gasteiger partial charge in [0.2, 0.25) is 0 Å². The van der Waals surface area contributed by atoms with Crippen molar-refractivity contribution >= 4 is 5.84 Å². The van der Waals surface area contributed by atoms with E-state index in [-0.39, 0.29) is 6.17 Å². The lowest BCUT2D eigenvalue weighted by atomic mass is 10.1. The molecule has 0 amide bonds. The average molecular weight is 153 g/mol. The summed E-state index contributed by atoms with van der Waals surface area (Å²) in [6.07, 6.45) is 0.0763. The Morgan fingerprint density at radius 3 is 2.09 bits per heavy atom. The minimum atomic E-state index is 0.0763. The summed E-state index contributed by atoms with van der Waals surface area (Å²) in [6.45, 7) is 8.38. The van der Waals surface area contributed by atoms with Crippen LogP contribution in [0.5, 0.6) is 0 Å². The Labute approximate surface area is 67.6 Å². The highest BCUT2D eigenvalue weighted by Gasteiger charge is 2.18. The highest BCUT2D eigenvalue weighted by atomic mass is 15.3. The molecule has 1 aliphatic heterocycles. The third-order valence-corrected chi connectivity index (χ3v) is 1.66. The molecule has 3 heteroatoms. The van der Waals surface area contributed by atoms with Gasteiger partial charge in [-0.1, -0.05) is 27.7 Å². The average Bonchev–Trinajstić information content (AvgIpc) is 2.33. The zero-order valence-corrected chi connectivity index (χ0v) is 7.57. The first-order valence-corrected chi connectivity index (χ1v) is 4.10. The van der Waals surface area contributed by atoms with E-state index in [1.54, 1.807) is 0 Å². The largest absolute Gasteiger partial charge is 0.239 e. The summed E-state index contributed by atoms with van der Waals surface area (Å²) in [5.41, 5.74) is 0. The molecule has 0 fully saturated rings. The molecule has 11 heavy (non-hydrogen) atoms. The van der Waals surface area contributed by atoms with Crippen molar-refractivity contribution in [2.75, 3.05) is 0 Å². The molecule has 0 aromatic heterocycles. The fourth-order valence-corrected chi connectivity index (χ4v) is 0.852. The van der Waals surface area contributed by atoms with Crippen molar-refractivity contribution in [2.45, 2.75) is 33.9 Å². The summed E-state index contributed by atoms with van der Waals surface area (Å²) in [5, 5.41) is 8.07. The number of nitrogens with zero attached hydrogens (tertiary/aromatic N) is 3. The lowest BCUT2D eigenvalue weighted by Crippen LogP contribution is -2.08. The van der Waals surface area contributed by atoms with Crippen molar-refractivity contribution in [3.05, 3.63) is 0 Å². The van der Waals surface area contributed by atoms with Gasteiger partial charge in [0, 0.05) is 5.92 Å². The first-order valence-electron chi connectivity index (χ1n) is 4.10. The van der Waals surface area contributed by atoms with E-state index in [0.717, 1.165) is 5.84 Å². The number of amidine groups is 1. The van der Waals surface area contributed by atoms with Crippen LogP contribution in [-0.4, -0.2) is 12.0 Å². The molecule has 0 bridgehead atoms. The van der Waals surface area contributed by atoms with Gasteiger partial charge in [0.05, 0.1) is 0 Å². The maximum atomic E-state index is 4.37. The van der Waals surface area contributed by atoms with Crippen LogP contribution >= 0.6 is 0 Å². The summed E-state index contributed by atoms with van der Waals surface area (Å²) in [5.74, 6) is 1.76. The Hall–Kier alpha value is -0.730. The van der Waals surface area contributed by atoms with Crippen molar-refractivity contribution in [1.82, 2.24) is 0 Å². The molecule has 1 atom stereocenters. The second-order valence-electron chi connectivity index (χ2n) is 3.52. The molecule has 1 aliphatic rings. The van der Waals surface area contributed by atoms with Gasteiger partial charge < -0.3 is 0 Å². The Balaban J connectivity index is 2.63. The molecule has 0 saturated carbocycles. The van der Waals surface area contributed by atoms with Crippen molar-refractivity contribution in [1.29, 1.82) is 0 Å². The predicted octanol–water partition coefficient (Wildman–Crippen LogP) is 2.49. The highest BCUT2D eigenvalue weighted by Crippen LogP contribution is 2.17. The smallest absolute Gasteiger partial charge is 0.165 e. The second-order valence-corrected chi connectivity index (χ2v) is 3.52. The first kappa shape index (κ1) is 8.37. The lowest BCUT2D eigenvalue weighted by molar-refractivity contribution is 0.511. The van der Waals surface area contributed by atoms with Gasteiger partial charge in [-0.25, -0.2) is 4.99 Å². The minimum Gasteiger partial charge on any atom is -0.239 e. The van der Waals surface area contributed by atoms with Gasteiger partial charge in [-0.2, -0.15) is 5.11 Å². The fourth-order valence-electron chi connectivity index (χ4n) is 0.852. The molecule has 0 spiro atoms. The SMILES string of the molecule is CC(C)C1=NC(C(C)C)N=N1. The van der Waals surface area contributed by atoms with Crippen LogP contribution in [0.4, 0.5) is 0 Å². The maximum absolute atomic E-state index is 4.37. The van der Waals surface area contributed by atoms with Gasteiger partial charge >= 0.3 is 0 Å². The van der Waals surface area contributed by atoms with Crippen LogP contribution in [0.2, 0.25) is 0 Å². The van der Waals surface area contributed by atoms with Gasteiger partial charge in [0.25, 0.3) is 0 Å². The van der Waals surface area contributed by atoms with Gasteiger partial charge in [-0.15, -0.1) is 5.11 Å². The molecule has 0 saturated heterocycles. The molecular formula is C8H15N3. The second kappa shape index (κ2) is 3.11. The third kappa shape index (κ3) is 1.85. The molecule has 0 aromatic rings. The monoisotopic (exact) mass is 153 g/mol. The van der Waals surface area contributed by atoms with Crippen molar-refractivity contribution in [3.63, 3.8) is 0 Å². The van der Waals surface area contributed by atoms with Crippen molar-refractivity contribution in [3.8, 4) is 0 Å². The Morgan fingerprint density at radius 1 is 1.18 bits per heavy atom. The molecule has 1 rings (SSSR count). The minimum absolute atomic E-state index is 0.0763. The van der Waals surface area contributed by atoms with Crippen LogP contribution in [-0.2, 0) is 0 Å². The normalized spacial score (nSPS) is 23.5. The van der Waals surface area contributed by atoms with E-state index >= 15 is 0 Å². The number of hydrogen-bond acceptors (Lipinski definition) is 3. The summed E-state index contributed by atoms with van der Waals surface area (Å²) in [6, 6.07) is 0. The molecule has 1 unspecified atom stereocenters. The number of azo groups is 1. The van der Waals surface area contributed by atoms with E-state index in [4.69, 9.17) is 0 Å². The van der Waals surface area contributed by atoms with Crippen LogP contribution in [0.15, 0.2) is 15.2 Å². The van der Waals surface area contributed by atoms with Crippen molar-refractivity contribution < 1.29 is 0 Å². The molecule has 0 N–H and O–H groups in total. The standard InChI is InChI=1S/C8H15N3/c1-5(2)7-9-8(6(3)4)11-10-7/h5-7H,1-4H3. The van der Waals surface area contributed by atoms with E-state index in [2.05, 4.69) is 42.9 Å². The molecule has 3 nitrogen and oxygen atoms in total. The molecule has 0 radical (unpaired) electrons. The summed E-state index contributed by atoms with van der Waals surface area (Å²) < 4.78 is 0. The fraction of sp³-hybridized carbons (Fsp3) is 0.875. The molecule has 0 aromatic carbocycles. The van der Waals surface area contributed by atoms with E-state index < -0.39 is 0 Å². The van der Waals surface area contributed by atoms with Gasteiger partial charge in [0.15, 0.2) is 12.0 Å². The number of rotatable bonds is 2. The van der Waals surface area contributed by atoms with Crippen LogP contribution in [0.25, 0.3) is 0 Å². The Kier molecular flexibility index (Phi) is 2.37. The molecule has 1 heterocycles. The third-order valence-electron chi connectivity index (χ3n) is 1.66. The number of aliphatic imine (C=N–C) groups is 1. The summed E-state index contributed by atoms with van der Waals surface area (Å²) >= 11 is 0. The van der Waals surface area contributed by atoms with E-state index in [1.807, 2.05) is 0 Å². The highest BCUT2D eigenvalue weighted by molar-refractivity contribution is 5.85. The van der Waals surface area contributed by atoms with Gasteiger partial charge in [0.1, 0.15) is 0 Å². The number of hydrogen-bond donors (Lipinski definition) is 0. The van der Waals surface area contributed by atoms with Crippen LogP contribution in [0.3, 0.4) is 0 Å². The van der Waals surface area contributed by atoms with E-state index in [0.29, 0.717) is 11.8 Å². The van der Waals surface area contributed by atoms with E-state index in [9.17, 15) is 0 Å². The van der Waals surface area contributed by atoms with Crippen LogP contribution < -0.4 is 0 Å². The van der Waals surface area contributed by atoms with Gasteiger partial charge in [-0.3, -0.25) is 0 Å². The lowest BCUT2D eigenvalue weighted by Gasteiger charge is -2.04. The summed E-state index contributed by atoms with van der Waals surface area (Å²) in [4.78, 5) is 4.37. The van der Waals surface area contributed by atoms with Crippen LogP contribution in [0, 0.1) is 11.8 Å². The predicted molar refractivity (Wildman–Crippen MR) is 45.8 cm³/mol. The Bertz CT molecular complexity index is 192. The molecular weight excluding hydrogens is 138 g/mol. The maximum Gasteiger partial charge on any atom is 0.165 e. The topological polar surface area (TPSA) is 37.1 Å². The zero-order valence-electron chi connectivity index (χ0n) is 7.57. The zero-order chi connectivity index (χ0) is 8.43. The summed E-state index contributed by atoms with van der Waals surface area (Å²) in [7, 11) is 0. The van der Waals surface area contributed by atoms with Crippen molar-refractivity contribution in [2.24, 2.45) is 27.1 Å². The molecule has 0 aliphatic carbocycles. The Morgan fingerprint density at radius 2 is 1.82 bits per heavy atom. The van der Waals surface area contributed by atoms with Crippen LogP contribution in [0.1, 0.15) is 27.7 Å². The van der Waals surface area contributed by atoms with E-state index in [1.165, 1.54) is 0 Å². The van der Waals surface area contributed by atoms with Gasteiger partial charge in [-0.05, 0) is 5.92 Å².